The van der Waals surface area contributed by atoms with Gasteiger partial charge in [-0.3, -0.25) is 0 Å². The van der Waals surface area contributed by atoms with E-state index in [1.807, 2.05) is 0 Å². The fraction of sp³-hybridized carbons (Fsp3) is 0.200. The van der Waals surface area contributed by atoms with Crippen molar-refractivity contribution in [3.63, 3.8) is 0 Å². The van der Waals surface area contributed by atoms with E-state index in [1.54, 1.807) is 0 Å². The second-order valence-corrected chi connectivity index (χ2v) is 7.21. The van der Waals surface area contributed by atoms with Crippen molar-refractivity contribution in [2.45, 2.75) is 24.4 Å². The lowest BCUT2D eigenvalue weighted by atomic mass is 9.95. The normalized spacial score (nSPS) is 14.3. The molecule has 3 rings (SSSR count). The molecule has 0 aliphatic carbocycles. The molecule has 2 atom stereocenters. The van der Waals surface area contributed by atoms with E-state index in [9.17, 15) is 30.7 Å². The first kappa shape index (κ1) is 23.9. The first-order valence-corrected chi connectivity index (χ1v) is 9.23. The molecule has 3 aromatic rings. The van der Waals surface area contributed by atoms with Crippen molar-refractivity contribution in [1.29, 1.82) is 0 Å². The summed E-state index contributed by atoms with van der Waals surface area (Å²) in [5.41, 5.74) is 9.73. The van der Waals surface area contributed by atoms with E-state index in [0.29, 0.717) is 18.2 Å². The van der Waals surface area contributed by atoms with Gasteiger partial charge in [0.2, 0.25) is 0 Å². The molecule has 0 aliphatic rings. The molecule has 2 aromatic carbocycles. The highest BCUT2D eigenvalue weighted by molar-refractivity contribution is 6.31. The molecular formula is C20H14ClF7N4. The van der Waals surface area contributed by atoms with Crippen LogP contribution in [0.5, 0.6) is 0 Å². The second-order valence-electron chi connectivity index (χ2n) is 6.81. The van der Waals surface area contributed by atoms with Gasteiger partial charge in [-0.1, -0.05) is 17.7 Å². The van der Waals surface area contributed by atoms with E-state index >= 15 is 0 Å². The van der Waals surface area contributed by atoms with Crippen LogP contribution in [0.15, 0.2) is 48.8 Å². The Bertz CT molecular complexity index is 1130. The molecule has 2 unspecified atom stereocenters. The third-order valence-corrected chi connectivity index (χ3v) is 4.98. The van der Waals surface area contributed by atoms with Crippen LogP contribution in [0.3, 0.4) is 0 Å². The summed E-state index contributed by atoms with van der Waals surface area (Å²) >= 11 is 5.72. The van der Waals surface area contributed by atoms with Crippen LogP contribution in [0.2, 0.25) is 5.02 Å². The number of nitrogens with two attached hydrogens (primary N) is 2. The maximum Gasteiger partial charge on any atom is 0.417 e. The number of nitrogens with zero attached hydrogens (tertiary/aromatic N) is 2. The van der Waals surface area contributed by atoms with Crippen molar-refractivity contribution in [1.82, 2.24) is 9.97 Å². The summed E-state index contributed by atoms with van der Waals surface area (Å²) in [5, 5.41) is -0.554. The zero-order chi connectivity index (χ0) is 23.8. The molecule has 4 nitrogen and oxygen atoms in total. The number of halogens is 8. The Hall–Kier alpha value is -2.76. The van der Waals surface area contributed by atoms with Crippen molar-refractivity contribution in [3.05, 3.63) is 82.0 Å². The Morgan fingerprint density at radius 3 is 2.09 bits per heavy atom. The van der Waals surface area contributed by atoms with Gasteiger partial charge in [0.25, 0.3) is 0 Å². The van der Waals surface area contributed by atoms with Gasteiger partial charge in [0.1, 0.15) is 12.1 Å². The SMILES string of the molecule is NC(c1cc(-c2ccc(C(F)(F)F)c(Cl)c2)ncn1)C(N)c1cc(C(F)(F)F)ccc1F. The van der Waals surface area contributed by atoms with E-state index < -0.39 is 52.0 Å². The quantitative estimate of drug-likeness (QED) is 0.473. The largest absolute Gasteiger partial charge is 0.417 e. The van der Waals surface area contributed by atoms with Crippen LogP contribution in [-0.2, 0) is 12.4 Å². The highest BCUT2D eigenvalue weighted by Gasteiger charge is 2.34. The number of alkyl halides is 6. The van der Waals surface area contributed by atoms with Crippen LogP contribution in [0, 0.1) is 5.82 Å². The molecule has 32 heavy (non-hydrogen) atoms. The molecule has 1 heterocycles. The fourth-order valence-corrected chi connectivity index (χ4v) is 3.26. The average molecular weight is 479 g/mol. The van der Waals surface area contributed by atoms with Gasteiger partial charge in [-0.2, -0.15) is 26.3 Å². The van der Waals surface area contributed by atoms with Gasteiger partial charge in [-0.15, -0.1) is 0 Å². The standard InChI is InChI=1S/C20H14ClF7N4/c21-13-5-9(1-3-12(13)20(26,27)28)15-7-16(32-8-31-15)18(30)17(29)11-6-10(19(23,24)25)2-4-14(11)22/h1-8,17-18H,29-30H2. The van der Waals surface area contributed by atoms with Crippen molar-refractivity contribution in [2.75, 3.05) is 0 Å². The zero-order valence-electron chi connectivity index (χ0n) is 15.8. The average Bonchev–Trinajstić information content (AvgIpc) is 2.71. The highest BCUT2D eigenvalue weighted by atomic mass is 35.5. The summed E-state index contributed by atoms with van der Waals surface area (Å²) in [4.78, 5) is 7.87. The fourth-order valence-electron chi connectivity index (χ4n) is 2.97. The third kappa shape index (κ3) is 5.00. The summed E-state index contributed by atoms with van der Waals surface area (Å²) in [6, 6.07) is 3.38. The zero-order valence-corrected chi connectivity index (χ0v) is 16.6. The molecule has 0 spiro atoms. The number of rotatable bonds is 4. The molecule has 0 saturated heterocycles. The minimum absolute atomic E-state index is 0.0373. The maximum absolute atomic E-state index is 14.2. The number of hydrogen-bond donors (Lipinski definition) is 2. The second kappa shape index (κ2) is 8.64. The predicted molar refractivity (Wildman–Crippen MR) is 103 cm³/mol. The molecule has 0 amide bonds. The van der Waals surface area contributed by atoms with Crippen molar-refractivity contribution >= 4 is 11.6 Å². The van der Waals surface area contributed by atoms with E-state index in [4.69, 9.17) is 23.1 Å². The smallest absolute Gasteiger partial charge is 0.322 e. The third-order valence-electron chi connectivity index (χ3n) is 4.67. The lowest BCUT2D eigenvalue weighted by Gasteiger charge is -2.21. The maximum atomic E-state index is 14.2. The molecular weight excluding hydrogens is 465 g/mol. The summed E-state index contributed by atoms with van der Waals surface area (Å²) in [6.45, 7) is 0. The Balaban J connectivity index is 1.94. The monoisotopic (exact) mass is 478 g/mol. The summed E-state index contributed by atoms with van der Waals surface area (Å²) in [5.74, 6) is -0.982. The van der Waals surface area contributed by atoms with Gasteiger partial charge < -0.3 is 11.5 Å². The lowest BCUT2D eigenvalue weighted by Crippen LogP contribution is -2.28. The lowest BCUT2D eigenvalue weighted by molar-refractivity contribution is -0.138. The van der Waals surface area contributed by atoms with E-state index in [0.717, 1.165) is 24.5 Å². The number of hydrogen-bond acceptors (Lipinski definition) is 4. The van der Waals surface area contributed by atoms with E-state index in [-0.39, 0.29) is 17.0 Å². The van der Waals surface area contributed by atoms with Crippen molar-refractivity contribution in [2.24, 2.45) is 11.5 Å². The number of aromatic nitrogens is 2. The molecule has 0 fully saturated rings. The molecule has 12 heteroatoms. The first-order chi connectivity index (χ1) is 14.8. The molecule has 0 aliphatic heterocycles. The van der Waals surface area contributed by atoms with Gasteiger partial charge in [0.15, 0.2) is 0 Å². The molecule has 0 radical (unpaired) electrons. The minimum atomic E-state index is -4.71. The molecule has 170 valence electrons. The van der Waals surface area contributed by atoms with Crippen LogP contribution < -0.4 is 11.5 Å². The Labute approximate surface area is 182 Å². The molecule has 0 bridgehead atoms. The van der Waals surface area contributed by atoms with E-state index in [1.165, 1.54) is 6.07 Å². The van der Waals surface area contributed by atoms with Crippen LogP contribution in [0.4, 0.5) is 30.7 Å². The van der Waals surface area contributed by atoms with Gasteiger partial charge in [0.05, 0.1) is 39.6 Å². The molecule has 1 aromatic heterocycles. The van der Waals surface area contributed by atoms with Crippen molar-refractivity contribution in [3.8, 4) is 11.3 Å². The van der Waals surface area contributed by atoms with Crippen LogP contribution in [0.1, 0.15) is 34.5 Å². The minimum Gasteiger partial charge on any atom is -0.322 e. The highest BCUT2D eigenvalue weighted by Crippen LogP contribution is 2.37. The van der Waals surface area contributed by atoms with Gasteiger partial charge in [-0.25, -0.2) is 14.4 Å². The number of benzene rings is 2. The van der Waals surface area contributed by atoms with Gasteiger partial charge >= 0.3 is 12.4 Å². The molecule has 4 N–H and O–H groups in total. The summed E-state index contributed by atoms with van der Waals surface area (Å²) in [7, 11) is 0. The van der Waals surface area contributed by atoms with Crippen LogP contribution >= 0.6 is 11.6 Å². The predicted octanol–water partition coefficient (Wildman–Crippen LogP) is 5.67. The summed E-state index contributed by atoms with van der Waals surface area (Å²) < 4.78 is 91.8. The topological polar surface area (TPSA) is 77.8 Å². The Morgan fingerprint density at radius 2 is 1.50 bits per heavy atom. The Kier molecular flexibility index (Phi) is 6.45. The first-order valence-electron chi connectivity index (χ1n) is 8.86. The van der Waals surface area contributed by atoms with E-state index in [2.05, 4.69) is 9.97 Å². The van der Waals surface area contributed by atoms with Crippen LogP contribution in [-0.4, -0.2) is 9.97 Å². The van der Waals surface area contributed by atoms with Crippen molar-refractivity contribution < 1.29 is 30.7 Å². The van der Waals surface area contributed by atoms with Gasteiger partial charge in [-0.05, 0) is 36.4 Å². The van der Waals surface area contributed by atoms with Crippen LogP contribution in [0.25, 0.3) is 11.3 Å². The Morgan fingerprint density at radius 1 is 0.812 bits per heavy atom. The van der Waals surface area contributed by atoms with Gasteiger partial charge in [0, 0.05) is 11.1 Å². The summed E-state index contributed by atoms with van der Waals surface area (Å²) in [6.07, 6.45) is -8.31. The molecule has 0 saturated carbocycles.